The Kier molecular flexibility index (Phi) is 5.76. The molecule has 3 aromatic heterocycles. The fraction of sp³-hybridized carbons (Fsp3) is 0.400. The minimum Gasteiger partial charge on any atom is -0.365 e. The Labute approximate surface area is 181 Å². The highest BCUT2D eigenvalue weighted by Gasteiger charge is 2.34. The van der Waals surface area contributed by atoms with Gasteiger partial charge in [-0.2, -0.15) is 23.4 Å². The summed E-state index contributed by atoms with van der Waals surface area (Å²) in [7, 11) is 0. The lowest BCUT2D eigenvalue weighted by Gasteiger charge is -2.42. The lowest BCUT2D eigenvalue weighted by Crippen LogP contribution is -2.50. The number of aldehydes is 1. The topological polar surface area (TPSA) is 102 Å². The van der Waals surface area contributed by atoms with Gasteiger partial charge in [-0.25, -0.2) is 9.97 Å². The number of aryl methyl sites for hydroxylation is 1. The van der Waals surface area contributed by atoms with Crippen LogP contribution >= 0.6 is 0 Å². The van der Waals surface area contributed by atoms with Crippen LogP contribution in [0.4, 0.5) is 24.7 Å². The van der Waals surface area contributed by atoms with E-state index < -0.39 is 11.9 Å². The van der Waals surface area contributed by atoms with E-state index in [2.05, 4.69) is 35.4 Å². The van der Waals surface area contributed by atoms with E-state index >= 15 is 0 Å². The number of aromatic nitrogens is 6. The molecule has 3 aromatic rings. The van der Waals surface area contributed by atoms with Gasteiger partial charge in [0.1, 0.15) is 17.2 Å². The number of nitrogens with one attached hydrogen (secondary N) is 1. The Morgan fingerprint density at radius 3 is 2.47 bits per heavy atom. The van der Waals surface area contributed by atoms with Crippen LogP contribution in [0.15, 0.2) is 31.0 Å². The van der Waals surface area contributed by atoms with Gasteiger partial charge in [-0.3, -0.25) is 9.78 Å². The van der Waals surface area contributed by atoms with E-state index in [0.29, 0.717) is 12.0 Å². The number of alkyl halides is 3. The van der Waals surface area contributed by atoms with Crippen LogP contribution in [0.2, 0.25) is 0 Å². The lowest BCUT2D eigenvalue weighted by atomic mass is 9.95. The third kappa shape index (κ3) is 4.12. The highest BCUT2D eigenvalue weighted by atomic mass is 19.4. The first-order valence-corrected chi connectivity index (χ1v) is 10.0. The van der Waals surface area contributed by atoms with Crippen LogP contribution < -0.4 is 10.2 Å². The standard InChI is InChI=1S/C20H21F3N8O/c1-12-8-24-15(11-32)19(31-27-5-6-28-31)18(12)30-7-3-4-14(13(30)2)29-17-10-25-16(9-26-17)20(21,22)23/h5-6,8-11,13-14H,3-4,7H2,1-2H3,(H,26,29)/t13-,14+/m0/s1. The lowest BCUT2D eigenvalue weighted by molar-refractivity contribution is -0.141. The Balaban J connectivity index is 1.64. The third-order valence-corrected chi connectivity index (χ3v) is 5.52. The fourth-order valence-electron chi connectivity index (χ4n) is 3.96. The van der Waals surface area contributed by atoms with Crippen molar-refractivity contribution in [2.24, 2.45) is 0 Å². The van der Waals surface area contributed by atoms with Crippen molar-refractivity contribution in [3.63, 3.8) is 0 Å². The summed E-state index contributed by atoms with van der Waals surface area (Å²) in [5.41, 5.74) is 1.32. The summed E-state index contributed by atoms with van der Waals surface area (Å²) in [6.07, 6.45) is 4.24. The van der Waals surface area contributed by atoms with Crippen LogP contribution in [0.25, 0.3) is 5.69 Å². The molecule has 1 aliphatic heterocycles. The molecule has 12 heteroatoms. The molecule has 0 aromatic carbocycles. The van der Waals surface area contributed by atoms with E-state index in [1.807, 2.05) is 13.8 Å². The molecule has 9 nitrogen and oxygen atoms in total. The Hall–Kier alpha value is -3.57. The second-order valence-corrected chi connectivity index (χ2v) is 7.57. The van der Waals surface area contributed by atoms with E-state index in [-0.39, 0.29) is 23.6 Å². The maximum Gasteiger partial charge on any atom is 0.434 e. The Morgan fingerprint density at radius 1 is 1.09 bits per heavy atom. The van der Waals surface area contributed by atoms with Crippen molar-refractivity contribution >= 4 is 17.8 Å². The smallest absolute Gasteiger partial charge is 0.365 e. The van der Waals surface area contributed by atoms with Gasteiger partial charge in [0.15, 0.2) is 12.0 Å². The van der Waals surface area contributed by atoms with Gasteiger partial charge in [0, 0.05) is 24.8 Å². The molecule has 1 fully saturated rings. The predicted molar refractivity (Wildman–Crippen MR) is 110 cm³/mol. The molecule has 1 saturated heterocycles. The molecule has 0 aliphatic carbocycles. The Bertz CT molecular complexity index is 1090. The number of carbonyl (C=O) groups excluding carboxylic acids is 1. The van der Waals surface area contributed by atoms with Crippen molar-refractivity contribution in [2.45, 2.75) is 44.9 Å². The first-order valence-electron chi connectivity index (χ1n) is 10.0. The van der Waals surface area contributed by atoms with E-state index in [1.165, 1.54) is 17.2 Å². The van der Waals surface area contributed by atoms with Crippen LogP contribution in [0.5, 0.6) is 0 Å². The number of halogens is 3. The molecule has 4 rings (SSSR count). The summed E-state index contributed by atoms with van der Waals surface area (Å²) >= 11 is 0. The van der Waals surface area contributed by atoms with Crippen LogP contribution in [-0.4, -0.2) is 54.9 Å². The molecule has 0 saturated carbocycles. The zero-order valence-corrected chi connectivity index (χ0v) is 17.4. The molecule has 1 N–H and O–H groups in total. The first-order chi connectivity index (χ1) is 15.3. The number of rotatable bonds is 5. The van der Waals surface area contributed by atoms with Crippen LogP contribution in [0.3, 0.4) is 0 Å². The summed E-state index contributed by atoms with van der Waals surface area (Å²) in [5, 5.41) is 11.6. The summed E-state index contributed by atoms with van der Waals surface area (Å²) in [5.74, 6) is 0.269. The summed E-state index contributed by atoms with van der Waals surface area (Å²) in [4.78, 5) is 26.8. The minimum absolute atomic E-state index is 0.0808. The number of nitrogens with zero attached hydrogens (tertiary/aromatic N) is 7. The second kappa shape index (κ2) is 8.52. The van der Waals surface area contributed by atoms with Crippen LogP contribution in [0.1, 0.15) is 41.5 Å². The average molecular weight is 446 g/mol. The number of pyridine rings is 1. The van der Waals surface area contributed by atoms with E-state index in [0.717, 1.165) is 43.0 Å². The summed E-state index contributed by atoms with van der Waals surface area (Å²) in [6, 6.07) is -0.191. The average Bonchev–Trinajstić information content (AvgIpc) is 3.29. The molecule has 1 aliphatic rings. The second-order valence-electron chi connectivity index (χ2n) is 7.57. The molecule has 0 radical (unpaired) electrons. The first kappa shape index (κ1) is 21.7. The molecule has 32 heavy (non-hydrogen) atoms. The summed E-state index contributed by atoms with van der Waals surface area (Å²) < 4.78 is 38.3. The van der Waals surface area contributed by atoms with Gasteiger partial charge in [-0.1, -0.05) is 0 Å². The number of hydrogen-bond acceptors (Lipinski definition) is 8. The Morgan fingerprint density at radius 2 is 1.84 bits per heavy atom. The maximum atomic E-state index is 12.8. The summed E-state index contributed by atoms with van der Waals surface area (Å²) in [6.45, 7) is 4.62. The molecule has 0 unspecified atom stereocenters. The van der Waals surface area contributed by atoms with Crippen molar-refractivity contribution in [2.75, 3.05) is 16.8 Å². The zero-order valence-electron chi connectivity index (χ0n) is 17.4. The van der Waals surface area contributed by atoms with Crippen molar-refractivity contribution < 1.29 is 18.0 Å². The molecule has 168 valence electrons. The molecule has 0 bridgehead atoms. The largest absolute Gasteiger partial charge is 0.434 e. The minimum atomic E-state index is -4.54. The quantitative estimate of drug-likeness (QED) is 0.597. The number of anilines is 2. The SMILES string of the molecule is Cc1cnc(C=O)c(-n2nccn2)c1N1CCC[C@@H](Nc2cnc(C(F)(F)F)cn2)[C@@H]1C. The highest BCUT2D eigenvalue weighted by Crippen LogP contribution is 2.34. The van der Waals surface area contributed by atoms with Crippen LogP contribution in [-0.2, 0) is 6.18 Å². The number of hydrogen-bond donors (Lipinski definition) is 1. The maximum absolute atomic E-state index is 12.8. The van der Waals surface area contributed by atoms with Gasteiger partial charge >= 0.3 is 6.18 Å². The van der Waals surface area contributed by atoms with Crippen molar-refractivity contribution in [1.82, 2.24) is 29.9 Å². The fourth-order valence-corrected chi connectivity index (χ4v) is 3.96. The van der Waals surface area contributed by atoms with Gasteiger partial charge in [0.2, 0.25) is 0 Å². The van der Waals surface area contributed by atoms with E-state index in [9.17, 15) is 18.0 Å². The van der Waals surface area contributed by atoms with E-state index in [4.69, 9.17) is 0 Å². The molecular weight excluding hydrogens is 425 g/mol. The van der Waals surface area contributed by atoms with Crippen molar-refractivity contribution in [3.8, 4) is 5.69 Å². The molecular formula is C20H21F3N8O. The van der Waals surface area contributed by atoms with Gasteiger partial charge in [0.25, 0.3) is 0 Å². The number of carbonyl (C=O) groups is 1. The number of piperidine rings is 1. The highest BCUT2D eigenvalue weighted by molar-refractivity contribution is 5.84. The van der Waals surface area contributed by atoms with Crippen molar-refractivity contribution in [1.29, 1.82) is 0 Å². The normalized spacial score (nSPS) is 19.1. The third-order valence-electron chi connectivity index (χ3n) is 5.52. The molecule has 4 heterocycles. The molecule has 2 atom stereocenters. The van der Waals surface area contributed by atoms with Crippen LogP contribution in [0, 0.1) is 6.92 Å². The molecule has 0 spiro atoms. The monoisotopic (exact) mass is 446 g/mol. The zero-order chi connectivity index (χ0) is 22.9. The van der Waals surface area contributed by atoms with Crippen molar-refractivity contribution in [3.05, 3.63) is 47.9 Å². The van der Waals surface area contributed by atoms with Gasteiger partial charge in [0.05, 0.1) is 30.5 Å². The van der Waals surface area contributed by atoms with Gasteiger partial charge in [-0.05, 0) is 32.3 Å². The predicted octanol–water partition coefficient (Wildman–Crippen LogP) is 3.06. The molecule has 0 amide bonds. The van der Waals surface area contributed by atoms with Gasteiger partial charge < -0.3 is 10.2 Å². The van der Waals surface area contributed by atoms with E-state index in [1.54, 1.807) is 6.20 Å². The van der Waals surface area contributed by atoms with Gasteiger partial charge in [-0.15, -0.1) is 4.80 Å².